The maximum absolute atomic E-state index is 12.6. The van der Waals surface area contributed by atoms with Crippen molar-refractivity contribution >= 4 is 40.7 Å². The van der Waals surface area contributed by atoms with Crippen molar-refractivity contribution in [2.45, 2.75) is 6.54 Å². The Hall–Kier alpha value is -3.02. The van der Waals surface area contributed by atoms with E-state index in [1.165, 1.54) is 12.1 Å². The van der Waals surface area contributed by atoms with Crippen LogP contribution in [0, 0.1) is 0 Å². The maximum atomic E-state index is 12.6. The molecule has 2 amide bonds. The zero-order valence-electron chi connectivity index (χ0n) is 15.5. The number of anilines is 1. The summed E-state index contributed by atoms with van der Waals surface area (Å²) < 4.78 is 5.28. The van der Waals surface area contributed by atoms with Crippen LogP contribution in [0.2, 0.25) is 10.0 Å². The molecule has 0 unspecified atom stereocenters. The normalized spacial score (nSPS) is 10.3. The van der Waals surface area contributed by atoms with Crippen LogP contribution in [-0.2, 0) is 6.54 Å². The highest BCUT2D eigenvalue weighted by molar-refractivity contribution is 6.44. The number of methoxy groups -OCH3 is 1. The van der Waals surface area contributed by atoms with Crippen LogP contribution in [0.4, 0.5) is 5.69 Å². The Bertz CT molecular complexity index is 1040. The third kappa shape index (κ3) is 5.08. The summed E-state index contributed by atoms with van der Waals surface area (Å²) >= 11 is 12.4. The highest BCUT2D eigenvalue weighted by atomic mass is 35.5. The van der Waals surface area contributed by atoms with Crippen molar-refractivity contribution in [2.24, 2.45) is 0 Å². The first kappa shape index (κ1) is 20.7. The van der Waals surface area contributed by atoms with Crippen LogP contribution in [0.3, 0.4) is 0 Å². The predicted molar refractivity (Wildman–Crippen MR) is 115 cm³/mol. The number of para-hydroxylation sites is 2. The largest absolute Gasteiger partial charge is 0.496 e. The van der Waals surface area contributed by atoms with Gasteiger partial charge in [-0.15, -0.1) is 0 Å². The molecule has 29 heavy (non-hydrogen) atoms. The van der Waals surface area contributed by atoms with Crippen LogP contribution in [-0.4, -0.2) is 18.9 Å². The molecule has 5 nitrogen and oxygen atoms in total. The molecule has 0 saturated heterocycles. The van der Waals surface area contributed by atoms with Crippen molar-refractivity contribution in [1.82, 2.24) is 5.32 Å². The van der Waals surface area contributed by atoms with Gasteiger partial charge in [-0.05, 0) is 30.3 Å². The Kier molecular flexibility index (Phi) is 6.75. The van der Waals surface area contributed by atoms with Crippen molar-refractivity contribution < 1.29 is 14.3 Å². The fourth-order valence-electron chi connectivity index (χ4n) is 2.73. The van der Waals surface area contributed by atoms with Gasteiger partial charge in [0, 0.05) is 23.4 Å². The summed E-state index contributed by atoms with van der Waals surface area (Å²) in [5.74, 6) is -0.171. The maximum Gasteiger partial charge on any atom is 0.257 e. The highest BCUT2D eigenvalue weighted by Crippen LogP contribution is 2.28. The number of carbonyl (C=O) groups excluding carboxylic acids is 2. The summed E-state index contributed by atoms with van der Waals surface area (Å²) in [4.78, 5) is 25.3. The molecule has 0 aliphatic carbocycles. The van der Waals surface area contributed by atoms with Gasteiger partial charge in [-0.2, -0.15) is 0 Å². The monoisotopic (exact) mass is 428 g/mol. The summed E-state index contributed by atoms with van der Waals surface area (Å²) in [6, 6.07) is 19.2. The summed E-state index contributed by atoms with van der Waals surface area (Å²) in [5, 5.41) is 5.74. The van der Waals surface area contributed by atoms with Crippen molar-refractivity contribution in [2.75, 3.05) is 12.4 Å². The SMILES string of the molecule is COc1ccccc1CNC(=O)c1cc(Cl)c(Cl)c(C(=O)Nc2ccccc2)c1. The summed E-state index contributed by atoms with van der Waals surface area (Å²) in [6.07, 6.45) is 0. The Morgan fingerprint density at radius 3 is 2.34 bits per heavy atom. The molecule has 148 valence electrons. The van der Waals surface area contributed by atoms with Gasteiger partial charge in [0.2, 0.25) is 0 Å². The van der Waals surface area contributed by atoms with E-state index < -0.39 is 5.91 Å². The molecule has 7 heteroatoms. The summed E-state index contributed by atoms with van der Waals surface area (Å²) in [5.41, 5.74) is 1.78. The third-order valence-electron chi connectivity index (χ3n) is 4.20. The molecule has 0 heterocycles. The third-order valence-corrected chi connectivity index (χ3v) is 5.00. The number of ether oxygens (including phenoxy) is 1. The van der Waals surface area contributed by atoms with Gasteiger partial charge in [-0.1, -0.05) is 59.6 Å². The molecule has 0 atom stereocenters. The van der Waals surface area contributed by atoms with Crippen LogP contribution >= 0.6 is 23.2 Å². The number of hydrogen-bond donors (Lipinski definition) is 2. The first-order valence-corrected chi connectivity index (χ1v) is 9.50. The number of nitrogens with one attached hydrogen (secondary N) is 2. The van der Waals surface area contributed by atoms with E-state index >= 15 is 0 Å². The minimum Gasteiger partial charge on any atom is -0.496 e. The minimum atomic E-state index is -0.456. The van der Waals surface area contributed by atoms with Crippen molar-refractivity contribution in [3.05, 3.63) is 93.5 Å². The molecule has 0 fully saturated rings. The van der Waals surface area contributed by atoms with E-state index in [9.17, 15) is 9.59 Å². The second-order valence-corrected chi connectivity index (χ2v) is 6.92. The van der Waals surface area contributed by atoms with Crippen molar-refractivity contribution in [3.63, 3.8) is 0 Å². The zero-order valence-corrected chi connectivity index (χ0v) is 17.1. The Labute approximate surface area is 178 Å². The van der Waals surface area contributed by atoms with Crippen LogP contribution in [0.5, 0.6) is 5.75 Å². The van der Waals surface area contributed by atoms with Crippen molar-refractivity contribution in [1.29, 1.82) is 0 Å². The van der Waals surface area contributed by atoms with E-state index in [1.54, 1.807) is 31.4 Å². The van der Waals surface area contributed by atoms with Gasteiger partial charge in [0.25, 0.3) is 11.8 Å². The fraction of sp³-hybridized carbons (Fsp3) is 0.0909. The Morgan fingerprint density at radius 2 is 1.62 bits per heavy atom. The molecule has 0 bridgehead atoms. The van der Waals surface area contributed by atoms with E-state index in [4.69, 9.17) is 27.9 Å². The number of halogens is 2. The van der Waals surface area contributed by atoms with Crippen LogP contribution in [0.25, 0.3) is 0 Å². The molecule has 0 aliphatic rings. The lowest BCUT2D eigenvalue weighted by molar-refractivity contribution is 0.0950. The lowest BCUT2D eigenvalue weighted by Crippen LogP contribution is -2.24. The van der Waals surface area contributed by atoms with Crippen LogP contribution in [0.15, 0.2) is 66.7 Å². The number of carbonyl (C=O) groups is 2. The number of rotatable bonds is 6. The predicted octanol–water partition coefficient (Wildman–Crippen LogP) is 5.18. The highest BCUT2D eigenvalue weighted by Gasteiger charge is 2.18. The molecule has 0 aliphatic heterocycles. The molecular formula is C22H18Cl2N2O3. The lowest BCUT2D eigenvalue weighted by Gasteiger charge is -2.12. The lowest BCUT2D eigenvalue weighted by atomic mass is 10.1. The number of amides is 2. The molecule has 3 aromatic rings. The molecule has 0 spiro atoms. The number of hydrogen-bond acceptors (Lipinski definition) is 3. The van der Waals surface area contributed by atoms with Gasteiger partial charge < -0.3 is 15.4 Å². The number of benzene rings is 3. The minimum absolute atomic E-state index is 0.0846. The summed E-state index contributed by atoms with van der Waals surface area (Å²) in [7, 11) is 1.57. The van der Waals surface area contributed by atoms with Gasteiger partial charge in [0.05, 0.1) is 22.7 Å². The quantitative estimate of drug-likeness (QED) is 0.567. The Morgan fingerprint density at radius 1 is 0.931 bits per heavy atom. The first-order chi connectivity index (χ1) is 14.0. The molecular weight excluding hydrogens is 411 g/mol. The first-order valence-electron chi connectivity index (χ1n) is 8.75. The second-order valence-electron chi connectivity index (χ2n) is 6.13. The molecule has 0 radical (unpaired) electrons. The van der Waals surface area contributed by atoms with E-state index in [2.05, 4.69) is 10.6 Å². The molecule has 3 aromatic carbocycles. The van der Waals surface area contributed by atoms with Crippen LogP contribution in [0.1, 0.15) is 26.3 Å². The Balaban J connectivity index is 1.79. The van der Waals surface area contributed by atoms with E-state index in [-0.39, 0.29) is 33.6 Å². The molecule has 0 saturated carbocycles. The topological polar surface area (TPSA) is 67.4 Å². The molecule has 3 rings (SSSR count). The van der Waals surface area contributed by atoms with Crippen LogP contribution < -0.4 is 15.4 Å². The van der Waals surface area contributed by atoms with Gasteiger partial charge in [0.15, 0.2) is 0 Å². The van der Waals surface area contributed by atoms with Gasteiger partial charge in [-0.3, -0.25) is 9.59 Å². The average molecular weight is 429 g/mol. The molecule has 0 aromatic heterocycles. The smallest absolute Gasteiger partial charge is 0.257 e. The standard InChI is InChI=1S/C22H18Cl2N2O3/c1-29-19-10-6-5-7-14(19)13-25-21(27)15-11-17(20(24)18(23)12-15)22(28)26-16-8-3-2-4-9-16/h2-12H,13H2,1H3,(H,25,27)(H,26,28). The summed E-state index contributed by atoms with van der Waals surface area (Å²) in [6.45, 7) is 0.259. The van der Waals surface area contributed by atoms with Gasteiger partial charge in [-0.25, -0.2) is 0 Å². The van der Waals surface area contributed by atoms with Gasteiger partial charge >= 0.3 is 0 Å². The van der Waals surface area contributed by atoms with Crippen molar-refractivity contribution in [3.8, 4) is 5.75 Å². The molecule has 2 N–H and O–H groups in total. The van der Waals surface area contributed by atoms with Gasteiger partial charge in [0.1, 0.15) is 5.75 Å². The van der Waals surface area contributed by atoms with E-state index in [0.717, 1.165) is 5.56 Å². The fourth-order valence-corrected chi connectivity index (χ4v) is 3.15. The van der Waals surface area contributed by atoms with E-state index in [0.29, 0.717) is 11.4 Å². The van der Waals surface area contributed by atoms with E-state index in [1.807, 2.05) is 30.3 Å². The second kappa shape index (κ2) is 9.45. The average Bonchev–Trinajstić information content (AvgIpc) is 2.74. The zero-order chi connectivity index (χ0) is 20.8.